The maximum Gasteiger partial charge on any atom is 0.317 e. The van der Waals surface area contributed by atoms with Crippen molar-refractivity contribution < 1.29 is 9.59 Å². The SMILES string of the molecule is CC(C)(CN1CCNC1=O)C(N)=O. The van der Waals surface area contributed by atoms with E-state index in [1.165, 1.54) is 0 Å². The van der Waals surface area contributed by atoms with Crippen LogP contribution in [0, 0.1) is 5.41 Å². The minimum Gasteiger partial charge on any atom is -0.369 e. The molecule has 0 bridgehead atoms. The van der Waals surface area contributed by atoms with Crippen molar-refractivity contribution in [2.45, 2.75) is 13.8 Å². The Kier molecular flexibility index (Phi) is 2.45. The van der Waals surface area contributed by atoms with Crippen LogP contribution >= 0.6 is 0 Å². The molecule has 0 aromatic rings. The highest BCUT2D eigenvalue weighted by atomic mass is 16.2. The molecule has 1 heterocycles. The molecule has 1 aliphatic rings. The van der Waals surface area contributed by atoms with Gasteiger partial charge in [0, 0.05) is 19.6 Å². The molecule has 1 aliphatic heterocycles. The first-order valence-corrected chi connectivity index (χ1v) is 4.26. The van der Waals surface area contributed by atoms with Crippen LogP contribution in [0.5, 0.6) is 0 Å². The third-order valence-corrected chi connectivity index (χ3v) is 2.20. The Labute approximate surface area is 77.3 Å². The summed E-state index contributed by atoms with van der Waals surface area (Å²) in [5, 5.41) is 2.67. The van der Waals surface area contributed by atoms with Crippen LogP contribution in [0.25, 0.3) is 0 Å². The summed E-state index contributed by atoms with van der Waals surface area (Å²) in [5.41, 5.74) is 4.55. The summed E-state index contributed by atoms with van der Waals surface area (Å²) < 4.78 is 0. The molecule has 0 aromatic carbocycles. The fourth-order valence-electron chi connectivity index (χ4n) is 1.22. The second-order valence-corrected chi connectivity index (χ2v) is 3.90. The van der Waals surface area contributed by atoms with Gasteiger partial charge in [0.2, 0.25) is 5.91 Å². The van der Waals surface area contributed by atoms with Crippen LogP contribution in [0.2, 0.25) is 0 Å². The number of amides is 3. The highest BCUT2D eigenvalue weighted by molar-refractivity contribution is 5.82. The average molecular weight is 185 g/mol. The van der Waals surface area contributed by atoms with E-state index in [9.17, 15) is 9.59 Å². The monoisotopic (exact) mass is 185 g/mol. The van der Waals surface area contributed by atoms with Crippen LogP contribution in [0.15, 0.2) is 0 Å². The average Bonchev–Trinajstić information content (AvgIpc) is 2.35. The normalized spacial score (nSPS) is 17.4. The first kappa shape index (κ1) is 9.83. The molecule has 0 aliphatic carbocycles. The molecule has 0 aromatic heterocycles. The molecule has 3 N–H and O–H groups in total. The number of urea groups is 1. The zero-order chi connectivity index (χ0) is 10.1. The molecule has 1 fully saturated rings. The number of carbonyl (C=O) groups is 2. The fourth-order valence-corrected chi connectivity index (χ4v) is 1.22. The second kappa shape index (κ2) is 3.24. The molecular weight excluding hydrogens is 170 g/mol. The number of rotatable bonds is 3. The number of hydrogen-bond acceptors (Lipinski definition) is 2. The minimum atomic E-state index is -0.651. The van der Waals surface area contributed by atoms with Gasteiger partial charge in [0.05, 0.1) is 5.41 Å². The number of nitrogens with two attached hydrogens (primary N) is 1. The Morgan fingerprint density at radius 2 is 2.31 bits per heavy atom. The van der Waals surface area contributed by atoms with Crippen LogP contribution in [0.1, 0.15) is 13.8 Å². The predicted molar refractivity (Wildman–Crippen MR) is 47.9 cm³/mol. The van der Waals surface area contributed by atoms with Crippen LogP contribution < -0.4 is 11.1 Å². The minimum absolute atomic E-state index is 0.116. The molecule has 0 atom stereocenters. The number of nitrogens with zero attached hydrogens (tertiary/aromatic N) is 1. The molecule has 5 nitrogen and oxygen atoms in total. The van der Waals surface area contributed by atoms with E-state index >= 15 is 0 Å². The zero-order valence-electron chi connectivity index (χ0n) is 7.96. The topological polar surface area (TPSA) is 75.4 Å². The van der Waals surface area contributed by atoms with Crippen molar-refractivity contribution in [1.82, 2.24) is 10.2 Å². The third kappa shape index (κ3) is 2.11. The third-order valence-electron chi connectivity index (χ3n) is 2.20. The van der Waals surface area contributed by atoms with Gasteiger partial charge in [-0.25, -0.2) is 4.79 Å². The van der Waals surface area contributed by atoms with Crippen LogP contribution in [0.3, 0.4) is 0 Å². The van der Waals surface area contributed by atoms with E-state index in [0.717, 1.165) is 0 Å². The Hall–Kier alpha value is -1.26. The van der Waals surface area contributed by atoms with Gasteiger partial charge in [0.25, 0.3) is 0 Å². The summed E-state index contributed by atoms with van der Waals surface area (Å²) in [4.78, 5) is 23.7. The molecule has 3 amide bonds. The van der Waals surface area contributed by atoms with Gasteiger partial charge >= 0.3 is 6.03 Å². The van der Waals surface area contributed by atoms with Gasteiger partial charge < -0.3 is 16.0 Å². The Morgan fingerprint density at radius 1 is 1.69 bits per heavy atom. The summed E-state index contributed by atoms with van der Waals surface area (Å²) in [6.07, 6.45) is 0. The molecule has 1 rings (SSSR count). The van der Waals surface area contributed by atoms with E-state index < -0.39 is 5.41 Å². The quantitative estimate of drug-likeness (QED) is 0.623. The number of carbonyl (C=O) groups excluding carboxylic acids is 2. The van der Waals surface area contributed by atoms with Crippen LogP contribution in [-0.4, -0.2) is 36.5 Å². The Bertz CT molecular complexity index is 238. The highest BCUT2D eigenvalue weighted by Gasteiger charge is 2.31. The molecule has 5 heteroatoms. The van der Waals surface area contributed by atoms with Gasteiger partial charge in [-0.15, -0.1) is 0 Å². The van der Waals surface area contributed by atoms with E-state index in [1.54, 1.807) is 18.7 Å². The van der Waals surface area contributed by atoms with Gasteiger partial charge in [0.1, 0.15) is 0 Å². The van der Waals surface area contributed by atoms with Crippen molar-refractivity contribution in [3.8, 4) is 0 Å². The highest BCUT2D eigenvalue weighted by Crippen LogP contribution is 2.17. The number of hydrogen-bond donors (Lipinski definition) is 2. The van der Waals surface area contributed by atoms with E-state index in [0.29, 0.717) is 19.6 Å². The van der Waals surface area contributed by atoms with Crippen molar-refractivity contribution in [3.63, 3.8) is 0 Å². The molecule has 0 saturated carbocycles. The van der Waals surface area contributed by atoms with E-state index in [-0.39, 0.29) is 11.9 Å². The van der Waals surface area contributed by atoms with E-state index in [4.69, 9.17) is 5.73 Å². The summed E-state index contributed by atoms with van der Waals surface area (Å²) >= 11 is 0. The maximum atomic E-state index is 11.1. The van der Waals surface area contributed by atoms with Crippen molar-refractivity contribution in [1.29, 1.82) is 0 Å². The summed E-state index contributed by atoms with van der Waals surface area (Å²) in [5.74, 6) is -0.382. The van der Waals surface area contributed by atoms with Crippen molar-refractivity contribution >= 4 is 11.9 Å². The standard InChI is InChI=1S/C8H15N3O2/c1-8(2,6(9)12)5-11-4-3-10-7(11)13/h3-5H2,1-2H3,(H2,9,12)(H,10,13). The lowest BCUT2D eigenvalue weighted by Gasteiger charge is -2.26. The smallest absolute Gasteiger partial charge is 0.317 e. The lowest BCUT2D eigenvalue weighted by molar-refractivity contribution is -0.126. The van der Waals surface area contributed by atoms with Crippen molar-refractivity contribution in [2.75, 3.05) is 19.6 Å². The van der Waals surface area contributed by atoms with Crippen molar-refractivity contribution in [2.24, 2.45) is 11.1 Å². The largest absolute Gasteiger partial charge is 0.369 e. The molecule has 0 radical (unpaired) electrons. The zero-order valence-corrected chi connectivity index (χ0v) is 7.96. The molecule has 0 spiro atoms. The lowest BCUT2D eigenvalue weighted by Crippen LogP contribution is -2.43. The van der Waals surface area contributed by atoms with Crippen molar-refractivity contribution in [3.05, 3.63) is 0 Å². The van der Waals surface area contributed by atoms with Gasteiger partial charge in [-0.3, -0.25) is 4.79 Å². The molecule has 1 saturated heterocycles. The summed E-state index contributed by atoms with van der Waals surface area (Å²) in [6, 6.07) is -0.116. The first-order valence-electron chi connectivity index (χ1n) is 4.26. The van der Waals surface area contributed by atoms with Gasteiger partial charge in [-0.1, -0.05) is 0 Å². The molecule has 74 valence electrons. The van der Waals surface area contributed by atoms with Gasteiger partial charge in [-0.05, 0) is 13.8 Å². The van der Waals surface area contributed by atoms with E-state index in [1.807, 2.05) is 0 Å². The summed E-state index contributed by atoms with van der Waals surface area (Å²) in [7, 11) is 0. The first-order chi connectivity index (χ1) is 5.93. The molecule has 0 unspecified atom stereocenters. The second-order valence-electron chi connectivity index (χ2n) is 3.90. The fraction of sp³-hybridized carbons (Fsp3) is 0.750. The van der Waals surface area contributed by atoms with E-state index in [2.05, 4.69) is 5.32 Å². The van der Waals surface area contributed by atoms with Gasteiger partial charge in [0.15, 0.2) is 0 Å². The predicted octanol–water partition coefficient (Wildman–Crippen LogP) is -0.477. The maximum absolute atomic E-state index is 11.1. The van der Waals surface area contributed by atoms with Gasteiger partial charge in [-0.2, -0.15) is 0 Å². The lowest BCUT2D eigenvalue weighted by atomic mass is 9.92. The van der Waals surface area contributed by atoms with Crippen LogP contribution in [0.4, 0.5) is 4.79 Å². The van der Waals surface area contributed by atoms with Crippen LogP contribution in [-0.2, 0) is 4.79 Å². The molecule has 13 heavy (non-hydrogen) atoms. The summed E-state index contributed by atoms with van der Waals surface area (Å²) in [6.45, 7) is 5.15. The Balaban J connectivity index is 2.57. The Morgan fingerprint density at radius 3 is 2.69 bits per heavy atom. The molecular formula is C8H15N3O2. The number of nitrogens with one attached hydrogen (secondary N) is 1. The number of primary amides is 1.